The Hall–Kier alpha value is -0.300. The van der Waals surface area contributed by atoms with E-state index in [9.17, 15) is 4.79 Å². The lowest BCUT2D eigenvalue weighted by Crippen LogP contribution is -2.40. The van der Waals surface area contributed by atoms with Gasteiger partial charge in [0.1, 0.15) is 9.94 Å². The molecule has 120 valence electrons. The Bertz CT molecular complexity index is 455. The largest absolute Gasteiger partial charge is 0.444 e. The summed E-state index contributed by atoms with van der Waals surface area (Å²) in [5, 5.41) is 3.31. The summed E-state index contributed by atoms with van der Waals surface area (Å²) in [6.45, 7) is 10.3. The van der Waals surface area contributed by atoms with Crippen molar-refractivity contribution < 1.29 is 9.53 Å². The maximum atomic E-state index is 12.0. The molecule has 0 radical (unpaired) electrons. The highest BCUT2D eigenvalue weighted by molar-refractivity contribution is 9.10. The molecule has 0 aliphatic rings. The van der Waals surface area contributed by atoms with Crippen LogP contribution in [0.5, 0.6) is 0 Å². The van der Waals surface area contributed by atoms with Crippen LogP contribution in [-0.2, 0) is 11.3 Å². The fourth-order valence-electron chi connectivity index (χ4n) is 1.61. The summed E-state index contributed by atoms with van der Waals surface area (Å²) in [4.78, 5) is 14.8. The smallest absolute Gasteiger partial charge is 0.410 e. The van der Waals surface area contributed by atoms with E-state index in [4.69, 9.17) is 16.3 Å². The Morgan fingerprint density at radius 3 is 2.67 bits per heavy atom. The van der Waals surface area contributed by atoms with Crippen molar-refractivity contribution in [1.29, 1.82) is 0 Å². The van der Waals surface area contributed by atoms with Gasteiger partial charge in [-0.2, -0.15) is 0 Å². The number of likely N-dealkylation sites (N-methyl/N-ethyl adjacent to an activating group) is 1. The van der Waals surface area contributed by atoms with Crippen LogP contribution in [0.15, 0.2) is 10.5 Å². The number of hydrogen-bond acceptors (Lipinski definition) is 4. The molecule has 0 spiro atoms. The Morgan fingerprint density at radius 1 is 1.52 bits per heavy atom. The van der Waals surface area contributed by atoms with E-state index in [1.54, 1.807) is 16.2 Å². The summed E-state index contributed by atoms with van der Waals surface area (Å²) < 4.78 is 7.05. The molecule has 4 nitrogen and oxygen atoms in total. The predicted octanol–water partition coefficient (Wildman–Crippen LogP) is 4.51. The summed E-state index contributed by atoms with van der Waals surface area (Å²) >= 11 is 10.9. The van der Waals surface area contributed by atoms with Gasteiger partial charge in [-0.3, -0.25) is 0 Å². The van der Waals surface area contributed by atoms with Gasteiger partial charge in [-0.1, -0.05) is 11.6 Å². The van der Waals surface area contributed by atoms with E-state index in [0.717, 1.165) is 20.2 Å². The Morgan fingerprint density at radius 2 is 2.19 bits per heavy atom. The van der Waals surface area contributed by atoms with E-state index >= 15 is 0 Å². The standard InChI is InChI=1S/C14H22BrClN2O2S/c1-5-18(13(19)20-14(2,3)4)7-6-17-9-10-8-11(15)12(16)21-10/h8,17H,5-7,9H2,1-4H3. The number of ether oxygens (including phenoxy) is 1. The number of nitrogens with one attached hydrogen (secondary N) is 1. The van der Waals surface area contributed by atoms with Crippen molar-refractivity contribution in [3.8, 4) is 0 Å². The third-order valence-electron chi connectivity index (χ3n) is 2.59. The first kappa shape index (κ1) is 18.7. The number of rotatable bonds is 6. The highest BCUT2D eigenvalue weighted by Gasteiger charge is 2.20. The van der Waals surface area contributed by atoms with E-state index < -0.39 is 5.60 Å². The molecule has 1 rings (SSSR count). The van der Waals surface area contributed by atoms with Crippen molar-refractivity contribution >= 4 is 45.0 Å². The maximum Gasteiger partial charge on any atom is 0.410 e. The third-order valence-corrected chi connectivity index (χ3v) is 5.06. The van der Waals surface area contributed by atoms with E-state index in [2.05, 4.69) is 21.2 Å². The second-order valence-electron chi connectivity index (χ2n) is 5.57. The third kappa shape index (κ3) is 7.00. The van der Waals surface area contributed by atoms with Crippen LogP contribution in [0.1, 0.15) is 32.6 Å². The van der Waals surface area contributed by atoms with Crippen molar-refractivity contribution in [3.63, 3.8) is 0 Å². The molecule has 0 aromatic carbocycles. The van der Waals surface area contributed by atoms with Crippen LogP contribution in [0.25, 0.3) is 0 Å². The molecule has 1 aromatic heterocycles. The van der Waals surface area contributed by atoms with E-state index in [1.807, 2.05) is 33.8 Å². The number of amides is 1. The summed E-state index contributed by atoms with van der Waals surface area (Å²) in [6.07, 6.45) is -0.270. The molecular weight excluding hydrogens is 376 g/mol. The molecule has 0 unspecified atom stereocenters. The van der Waals surface area contributed by atoms with Gasteiger partial charge in [-0.05, 0) is 49.7 Å². The summed E-state index contributed by atoms with van der Waals surface area (Å²) in [7, 11) is 0. The molecule has 0 bridgehead atoms. The van der Waals surface area contributed by atoms with Crippen molar-refractivity contribution in [1.82, 2.24) is 10.2 Å². The fraction of sp³-hybridized carbons (Fsp3) is 0.643. The normalized spacial score (nSPS) is 11.5. The average molecular weight is 398 g/mol. The van der Waals surface area contributed by atoms with Gasteiger partial charge in [0.25, 0.3) is 0 Å². The lowest BCUT2D eigenvalue weighted by Gasteiger charge is -2.26. The number of halogens is 2. The van der Waals surface area contributed by atoms with Crippen molar-refractivity contribution in [2.45, 2.75) is 39.8 Å². The maximum absolute atomic E-state index is 12.0. The number of thiophene rings is 1. The van der Waals surface area contributed by atoms with Gasteiger partial charge in [0.15, 0.2) is 0 Å². The second-order valence-corrected chi connectivity index (χ2v) is 8.16. The lowest BCUT2D eigenvalue weighted by molar-refractivity contribution is 0.0262. The van der Waals surface area contributed by atoms with Gasteiger partial charge in [0.2, 0.25) is 0 Å². The molecule has 1 aromatic rings. The topological polar surface area (TPSA) is 41.6 Å². The highest BCUT2D eigenvalue weighted by atomic mass is 79.9. The number of nitrogens with zero attached hydrogens (tertiary/aromatic N) is 1. The van der Waals surface area contributed by atoms with Gasteiger partial charge in [-0.15, -0.1) is 11.3 Å². The van der Waals surface area contributed by atoms with Crippen molar-refractivity contribution in [3.05, 3.63) is 19.8 Å². The van der Waals surface area contributed by atoms with E-state index in [-0.39, 0.29) is 6.09 Å². The molecule has 0 fully saturated rings. The van der Waals surface area contributed by atoms with E-state index in [1.165, 1.54) is 0 Å². The number of carbonyl (C=O) groups is 1. The molecule has 0 aliphatic carbocycles. The molecule has 1 heterocycles. The predicted molar refractivity (Wildman–Crippen MR) is 92.2 cm³/mol. The zero-order chi connectivity index (χ0) is 16.0. The minimum Gasteiger partial charge on any atom is -0.444 e. The molecular formula is C14H22BrClN2O2S. The van der Waals surface area contributed by atoms with Crippen molar-refractivity contribution in [2.24, 2.45) is 0 Å². The minimum atomic E-state index is -0.460. The minimum absolute atomic E-state index is 0.270. The van der Waals surface area contributed by atoms with E-state index in [0.29, 0.717) is 19.6 Å². The first-order valence-electron chi connectivity index (χ1n) is 6.85. The first-order chi connectivity index (χ1) is 9.73. The monoisotopic (exact) mass is 396 g/mol. The van der Waals surface area contributed by atoms with Crippen LogP contribution < -0.4 is 5.32 Å². The van der Waals surface area contributed by atoms with Gasteiger partial charge in [0, 0.05) is 35.5 Å². The Labute approximate surface area is 143 Å². The number of carbonyl (C=O) groups excluding carboxylic acids is 1. The van der Waals surface area contributed by atoms with Crippen LogP contribution >= 0.6 is 38.9 Å². The Balaban J connectivity index is 2.33. The average Bonchev–Trinajstić information content (AvgIpc) is 2.66. The SMILES string of the molecule is CCN(CCNCc1cc(Br)c(Cl)s1)C(=O)OC(C)(C)C. The van der Waals surface area contributed by atoms with Crippen LogP contribution in [0, 0.1) is 0 Å². The number of hydrogen-bond donors (Lipinski definition) is 1. The summed E-state index contributed by atoms with van der Waals surface area (Å²) in [5.41, 5.74) is -0.460. The molecule has 1 N–H and O–H groups in total. The zero-order valence-electron chi connectivity index (χ0n) is 12.8. The van der Waals surface area contributed by atoms with Gasteiger partial charge in [0.05, 0.1) is 0 Å². The highest BCUT2D eigenvalue weighted by Crippen LogP contribution is 2.31. The quantitative estimate of drug-likeness (QED) is 0.718. The Kier molecular flexibility index (Phi) is 7.47. The lowest BCUT2D eigenvalue weighted by atomic mass is 10.2. The second kappa shape index (κ2) is 8.36. The molecule has 0 saturated carbocycles. The molecule has 21 heavy (non-hydrogen) atoms. The van der Waals surface area contributed by atoms with Crippen LogP contribution in [0.4, 0.5) is 4.79 Å². The fourth-order valence-corrected chi connectivity index (χ4v) is 3.37. The first-order valence-corrected chi connectivity index (χ1v) is 8.84. The summed E-state index contributed by atoms with van der Waals surface area (Å²) in [6, 6.07) is 2.01. The van der Waals surface area contributed by atoms with Gasteiger partial charge in [-0.25, -0.2) is 4.79 Å². The molecule has 1 amide bonds. The molecule has 7 heteroatoms. The molecule has 0 saturated heterocycles. The summed E-state index contributed by atoms with van der Waals surface area (Å²) in [5.74, 6) is 0. The zero-order valence-corrected chi connectivity index (χ0v) is 16.0. The van der Waals surface area contributed by atoms with Crippen LogP contribution in [-0.4, -0.2) is 36.2 Å². The van der Waals surface area contributed by atoms with Crippen molar-refractivity contribution in [2.75, 3.05) is 19.6 Å². The van der Waals surface area contributed by atoms with Crippen LogP contribution in [0.2, 0.25) is 4.34 Å². The van der Waals surface area contributed by atoms with Gasteiger partial charge >= 0.3 is 6.09 Å². The molecule has 0 atom stereocenters. The molecule has 0 aliphatic heterocycles. The van der Waals surface area contributed by atoms with Crippen LogP contribution in [0.3, 0.4) is 0 Å². The van der Waals surface area contributed by atoms with Gasteiger partial charge < -0.3 is 15.0 Å².